The number of benzene rings is 1. The minimum atomic E-state index is -0.487. The maximum atomic E-state index is 12.2. The van der Waals surface area contributed by atoms with Gasteiger partial charge >= 0.3 is 0 Å². The molecule has 1 amide bonds. The van der Waals surface area contributed by atoms with Gasteiger partial charge in [-0.2, -0.15) is 0 Å². The van der Waals surface area contributed by atoms with Crippen LogP contribution in [0.3, 0.4) is 0 Å². The summed E-state index contributed by atoms with van der Waals surface area (Å²) < 4.78 is 5.77. The van der Waals surface area contributed by atoms with E-state index in [4.69, 9.17) is 4.74 Å². The van der Waals surface area contributed by atoms with Crippen molar-refractivity contribution < 1.29 is 9.53 Å². The number of nitrogens with one attached hydrogen (secondary N) is 1. The molecular formula is C21H35N3O2. The Morgan fingerprint density at radius 2 is 1.77 bits per heavy atom. The van der Waals surface area contributed by atoms with Crippen molar-refractivity contribution in [1.82, 2.24) is 15.1 Å². The summed E-state index contributed by atoms with van der Waals surface area (Å²) in [5, 5.41) is 2.99. The molecule has 1 fully saturated rings. The van der Waals surface area contributed by atoms with Crippen LogP contribution in [-0.4, -0.2) is 68.1 Å². The van der Waals surface area contributed by atoms with Crippen molar-refractivity contribution in [3.8, 4) is 5.75 Å². The number of amides is 1. The molecule has 1 aromatic carbocycles. The number of likely N-dealkylation sites (N-methyl/N-ethyl adjacent to an activating group) is 1. The summed E-state index contributed by atoms with van der Waals surface area (Å²) in [6.45, 7) is 14.6. The molecule has 1 saturated heterocycles. The number of nitrogens with zero attached hydrogens (tertiary/aromatic N) is 2. The maximum Gasteiger partial charge on any atom is 0.260 e. The fourth-order valence-corrected chi connectivity index (χ4v) is 3.02. The standard InChI is InChI=1S/C21H35N3O2/c1-17(26-19-9-7-18(8-10-19)21(2,3)4)20(25)22-11-6-12-24-15-13-23(5)14-16-24/h7-10,17H,6,11-16H2,1-5H3,(H,22,25)/t17-/m1/s1. The highest BCUT2D eigenvalue weighted by Gasteiger charge is 2.17. The van der Waals surface area contributed by atoms with Gasteiger partial charge in [-0.1, -0.05) is 32.9 Å². The Labute approximate surface area is 158 Å². The predicted molar refractivity (Wildman–Crippen MR) is 107 cm³/mol. The Hall–Kier alpha value is -1.59. The van der Waals surface area contributed by atoms with E-state index in [2.05, 4.69) is 55.1 Å². The van der Waals surface area contributed by atoms with E-state index in [-0.39, 0.29) is 11.3 Å². The summed E-state index contributed by atoms with van der Waals surface area (Å²) in [6, 6.07) is 8.02. The second kappa shape index (κ2) is 9.38. The highest BCUT2D eigenvalue weighted by molar-refractivity contribution is 5.80. The molecule has 0 aromatic heterocycles. The lowest BCUT2D eigenvalue weighted by Gasteiger charge is -2.32. The average molecular weight is 362 g/mol. The average Bonchev–Trinajstić information content (AvgIpc) is 2.59. The molecule has 5 nitrogen and oxygen atoms in total. The second-order valence-corrected chi connectivity index (χ2v) is 8.32. The van der Waals surface area contributed by atoms with E-state index in [1.165, 1.54) is 5.56 Å². The van der Waals surface area contributed by atoms with Gasteiger partial charge in [-0.25, -0.2) is 0 Å². The number of rotatable bonds is 7. The molecule has 0 unspecified atom stereocenters. The van der Waals surface area contributed by atoms with Crippen LogP contribution in [0.2, 0.25) is 0 Å². The third-order valence-corrected chi connectivity index (χ3v) is 4.95. The van der Waals surface area contributed by atoms with Gasteiger partial charge in [-0.3, -0.25) is 4.79 Å². The predicted octanol–water partition coefficient (Wildman–Crippen LogP) is 2.51. The van der Waals surface area contributed by atoms with Gasteiger partial charge in [0.05, 0.1) is 0 Å². The summed E-state index contributed by atoms with van der Waals surface area (Å²) in [4.78, 5) is 17.0. The van der Waals surface area contributed by atoms with Gasteiger partial charge in [-0.15, -0.1) is 0 Å². The summed E-state index contributed by atoms with van der Waals surface area (Å²) in [7, 11) is 2.16. The smallest absolute Gasteiger partial charge is 0.260 e. The summed E-state index contributed by atoms with van der Waals surface area (Å²) in [5.41, 5.74) is 1.37. The van der Waals surface area contributed by atoms with Gasteiger partial charge in [0.25, 0.3) is 5.91 Å². The quantitative estimate of drug-likeness (QED) is 0.758. The van der Waals surface area contributed by atoms with Gasteiger partial charge in [0, 0.05) is 32.7 Å². The molecule has 2 rings (SSSR count). The van der Waals surface area contributed by atoms with Crippen molar-refractivity contribution in [1.29, 1.82) is 0 Å². The normalized spacial score (nSPS) is 17.7. The number of ether oxygens (including phenoxy) is 1. The van der Waals surface area contributed by atoms with Crippen LogP contribution in [0.5, 0.6) is 5.75 Å². The van der Waals surface area contributed by atoms with Crippen LogP contribution in [-0.2, 0) is 10.2 Å². The number of hydrogen-bond donors (Lipinski definition) is 1. The largest absolute Gasteiger partial charge is 0.481 e. The Morgan fingerprint density at radius 3 is 2.35 bits per heavy atom. The van der Waals surface area contributed by atoms with E-state index in [9.17, 15) is 4.79 Å². The lowest BCUT2D eigenvalue weighted by molar-refractivity contribution is -0.127. The molecular weight excluding hydrogens is 326 g/mol. The van der Waals surface area contributed by atoms with Crippen molar-refractivity contribution in [3.63, 3.8) is 0 Å². The van der Waals surface area contributed by atoms with Crippen LogP contribution in [0.4, 0.5) is 0 Å². The van der Waals surface area contributed by atoms with Crippen LogP contribution < -0.4 is 10.1 Å². The Morgan fingerprint density at radius 1 is 1.15 bits per heavy atom. The van der Waals surface area contributed by atoms with Gasteiger partial charge in [0.15, 0.2) is 6.10 Å². The topological polar surface area (TPSA) is 44.8 Å². The highest BCUT2D eigenvalue weighted by Crippen LogP contribution is 2.24. The first-order valence-electron chi connectivity index (χ1n) is 9.71. The summed E-state index contributed by atoms with van der Waals surface area (Å²) in [6.07, 6.45) is 0.488. The summed E-state index contributed by atoms with van der Waals surface area (Å²) >= 11 is 0. The monoisotopic (exact) mass is 361 g/mol. The highest BCUT2D eigenvalue weighted by atomic mass is 16.5. The molecule has 1 aromatic rings. The molecule has 0 spiro atoms. The lowest BCUT2D eigenvalue weighted by atomic mass is 9.87. The van der Waals surface area contributed by atoms with Crippen LogP contribution in [0.15, 0.2) is 24.3 Å². The second-order valence-electron chi connectivity index (χ2n) is 8.32. The Kier molecular flexibility index (Phi) is 7.47. The SMILES string of the molecule is C[C@@H](Oc1ccc(C(C)(C)C)cc1)C(=O)NCCCN1CCN(C)CC1. The van der Waals surface area contributed by atoms with Crippen LogP contribution in [0.25, 0.3) is 0 Å². The molecule has 146 valence electrons. The molecule has 0 aliphatic carbocycles. The fourth-order valence-electron chi connectivity index (χ4n) is 3.02. The van der Waals surface area contributed by atoms with E-state index in [1.807, 2.05) is 12.1 Å². The van der Waals surface area contributed by atoms with Crippen molar-refractivity contribution in [2.75, 3.05) is 46.3 Å². The molecule has 1 heterocycles. The molecule has 1 aliphatic rings. The molecule has 26 heavy (non-hydrogen) atoms. The van der Waals surface area contributed by atoms with E-state index in [1.54, 1.807) is 6.92 Å². The molecule has 1 N–H and O–H groups in total. The maximum absolute atomic E-state index is 12.2. The molecule has 0 saturated carbocycles. The van der Waals surface area contributed by atoms with Crippen LogP contribution in [0.1, 0.15) is 39.7 Å². The zero-order valence-electron chi connectivity index (χ0n) is 17.0. The van der Waals surface area contributed by atoms with Gasteiger partial charge < -0.3 is 19.9 Å². The van der Waals surface area contributed by atoms with Crippen LogP contribution in [0, 0.1) is 0 Å². The van der Waals surface area contributed by atoms with Crippen molar-refractivity contribution in [2.45, 2.75) is 45.6 Å². The Bertz CT molecular complexity index is 558. The van der Waals surface area contributed by atoms with E-state index >= 15 is 0 Å². The van der Waals surface area contributed by atoms with Crippen molar-refractivity contribution in [3.05, 3.63) is 29.8 Å². The summed E-state index contributed by atoms with van der Waals surface area (Å²) in [5.74, 6) is 0.682. The van der Waals surface area contributed by atoms with Crippen LogP contribution >= 0.6 is 0 Å². The molecule has 0 radical (unpaired) electrons. The third kappa shape index (κ3) is 6.61. The first kappa shape index (κ1) is 20.7. The number of hydrogen-bond acceptors (Lipinski definition) is 4. The first-order valence-corrected chi connectivity index (χ1v) is 9.71. The zero-order valence-corrected chi connectivity index (χ0v) is 17.0. The van der Waals surface area contributed by atoms with Crippen molar-refractivity contribution >= 4 is 5.91 Å². The minimum Gasteiger partial charge on any atom is -0.481 e. The molecule has 0 bridgehead atoms. The van der Waals surface area contributed by atoms with Gasteiger partial charge in [0.2, 0.25) is 0 Å². The van der Waals surface area contributed by atoms with Gasteiger partial charge in [0.1, 0.15) is 5.75 Å². The fraction of sp³-hybridized carbons (Fsp3) is 0.667. The lowest BCUT2D eigenvalue weighted by Crippen LogP contribution is -2.45. The third-order valence-electron chi connectivity index (χ3n) is 4.95. The Balaban J connectivity index is 1.67. The molecule has 1 atom stereocenters. The number of piperazine rings is 1. The number of carbonyl (C=O) groups is 1. The molecule has 5 heteroatoms. The minimum absolute atomic E-state index is 0.0525. The van der Waals surface area contributed by atoms with E-state index in [0.717, 1.165) is 44.9 Å². The first-order chi connectivity index (χ1) is 12.3. The van der Waals surface area contributed by atoms with E-state index in [0.29, 0.717) is 6.54 Å². The number of carbonyl (C=O) groups excluding carboxylic acids is 1. The molecule has 1 aliphatic heterocycles. The van der Waals surface area contributed by atoms with Gasteiger partial charge in [-0.05, 0) is 50.0 Å². The van der Waals surface area contributed by atoms with Crippen molar-refractivity contribution in [2.24, 2.45) is 0 Å². The zero-order chi connectivity index (χ0) is 19.2. The van der Waals surface area contributed by atoms with E-state index < -0.39 is 6.10 Å².